The number of rotatable bonds is 1. The highest BCUT2D eigenvalue weighted by Gasteiger charge is 2.22. The predicted molar refractivity (Wildman–Crippen MR) is 60.3 cm³/mol. The number of pyridine rings is 1. The fourth-order valence-electron chi connectivity index (χ4n) is 2.20. The van der Waals surface area contributed by atoms with Crippen LogP contribution in [0.3, 0.4) is 0 Å². The Labute approximate surface area is 95.0 Å². The van der Waals surface area contributed by atoms with Crippen LogP contribution in [0.2, 0.25) is 0 Å². The number of nitrogens with zero attached hydrogens (tertiary/aromatic N) is 1. The number of nitrogens with one attached hydrogen (secondary N) is 1. The normalized spacial score (nSPS) is 23.7. The van der Waals surface area contributed by atoms with Gasteiger partial charge >= 0.3 is 5.97 Å². The van der Waals surface area contributed by atoms with Crippen molar-refractivity contribution in [3.05, 3.63) is 29.1 Å². The number of fused-ring (bicyclic) bond motifs is 1. The van der Waals surface area contributed by atoms with Gasteiger partial charge in [-0.25, -0.2) is 4.79 Å². The topological polar surface area (TPSA) is 51.2 Å². The molecule has 16 heavy (non-hydrogen) atoms. The molecule has 1 aliphatic heterocycles. The smallest absolute Gasteiger partial charge is 0.339 e. The molecule has 1 aromatic rings. The largest absolute Gasteiger partial charge is 0.465 e. The van der Waals surface area contributed by atoms with Crippen LogP contribution in [0, 0.1) is 0 Å². The molecule has 0 saturated carbocycles. The van der Waals surface area contributed by atoms with Crippen LogP contribution >= 0.6 is 0 Å². The Hall–Kier alpha value is -1.42. The number of ether oxygens (including phenoxy) is 1. The summed E-state index contributed by atoms with van der Waals surface area (Å²) in [6.45, 7) is 4.21. The Morgan fingerprint density at radius 2 is 2.31 bits per heavy atom. The Balaban J connectivity index is 2.38. The molecular weight excluding hydrogens is 204 g/mol. The fraction of sp³-hybridized carbons (Fsp3) is 0.500. The first-order valence-electron chi connectivity index (χ1n) is 5.45. The quantitative estimate of drug-likeness (QED) is 0.728. The number of hydrogen-bond donors (Lipinski definition) is 1. The maximum absolute atomic E-state index is 11.4. The first-order valence-corrected chi connectivity index (χ1v) is 5.45. The summed E-state index contributed by atoms with van der Waals surface area (Å²) >= 11 is 0. The van der Waals surface area contributed by atoms with Crippen LogP contribution in [0.5, 0.6) is 0 Å². The molecule has 4 nitrogen and oxygen atoms in total. The van der Waals surface area contributed by atoms with E-state index in [1.54, 1.807) is 6.20 Å². The summed E-state index contributed by atoms with van der Waals surface area (Å²) in [6, 6.07) is 2.55. The summed E-state index contributed by atoms with van der Waals surface area (Å²) in [5, 5.41) is 3.42. The van der Waals surface area contributed by atoms with Crippen molar-refractivity contribution in [2.24, 2.45) is 0 Å². The lowest BCUT2D eigenvalue weighted by Gasteiger charge is -2.28. The lowest BCUT2D eigenvalue weighted by molar-refractivity contribution is 0.0600. The third-order valence-corrected chi connectivity index (χ3v) is 2.89. The second-order valence-electron chi connectivity index (χ2n) is 4.25. The second-order valence-corrected chi connectivity index (χ2v) is 4.25. The van der Waals surface area contributed by atoms with E-state index in [0.29, 0.717) is 11.6 Å². The maximum Gasteiger partial charge on any atom is 0.339 e. The first-order chi connectivity index (χ1) is 7.61. The summed E-state index contributed by atoms with van der Waals surface area (Å²) in [6.07, 6.45) is 2.48. The van der Waals surface area contributed by atoms with Gasteiger partial charge in [0.1, 0.15) is 0 Å². The van der Waals surface area contributed by atoms with Gasteiger partial charge in [0.2, 0.25) is 0 Å². The zero-order valence-corrected chi connectivity index (χ0v) is 9.78. The van der Waals surface area contributed by atoms with Gasteiger partial charge in [-0.2, -0.15) is 0 Å². The first kappa shape index (κ1) is 11.1. The molecule has 1 N–H and O–H groups in total. The number of aromatic nitrogens is 1. The molecule has 0 bridgehead atoms. The summed E-state index contributed by atoms with van der Waals surface area (Å²) < 4.78 is 4.69. The van der Waals surface area contributed by atoms with E-state index in [0.717, 1.165) is 17.7 Å². The van der Waals surface area contributed by atoms with Crippen LogP contribution in [-0.4, -0.2) is 24.1 Å². The number of carbonyl (C=O) groups excluding carboxylic acids is 1. The lowest BCUT2D eigenvalue weighted by atomic mass is 9.95. The summed E-state index contributed by atoms with van der Waals surface area (Å²) in [7, 11) is 1.38. The molecule has 2 heterocycles. The third kappa shape index (κ3) is 1.93. The Morgan fingerprint density at radius 3 is 3.00 bits per heavy atom. The van der Waals surface area contributed by atoms with Crippen molar-refractivity contribution >= 4 is 5.97 Å². The van der Waals surface area contributed by atoms with E-state index in [2.05, 4.69) is 28.9 Å². The second kappa shape index (κ2) is 4.22. The number of methoxy groups -OCH3 is 1. The van der Waals surface area contributed by atoms with Crippen molar-refractivity contribution in [3.8, 4) is 0 Å². The van der Waals surface area contributed by atoms with Gasteiger partial charge in [0.25, 0.3) is 0 Å². The van der Waals surface area contributed by atoms with Crippen molar-refractivity contribution in [1.82, 2.24) is 10.3 Å². The van der Waals surface area contributed by atoms with Crippen LogP contribution in [-0.2, 0) is 11.2 Å². The monoisotopic (exact) mass is 220 g/mol. The van der Waals surface area contributed by atoms with Gasteiger partial charge in [-0.1, -0.05) is 0 Å². The fourth-order valence-corrected chi connectivity index (χ4v) is 2.20. The van der Waals surface area contributed by atoms with E-state index < -0.39 is 0 Å². The summed E-state index contributed by atoms with van der Waals surface area (Å²) in [5.74, 6) is -0.325. The Bertz CT molecular complexity index is 417. The molecule has 1 aromatic heterocycles. The van der Waals surface area contributed by atoms with Crippen LogP contribution in [0.15, 0.2) is 12.3 Å². The molecule has 0 aliphatic carbocycles. The van der Waals surface area contributed by atoms with Gasteiger partial charge < -0.3 is 10.1 Å². The van der Waals surface area contributed by atoms with Crippen LogP contribution < -0.4 is 5.32 Å². The number of hydrogen-bond acceptors (Lipinski definition) is 4. The molecule has 0 amide bonds. The molecule has 1 aliphatic rings. The van der Waals surface area contributed by atoms with Gasteiger partial charge in [0.15, 0.2) is 0 Å². The maximum atomic E-state index is 11.4. The molecule has 0 radical (unpaired) electrons. The van der Waals surface area contributed by atoms with Gasteiger partial charge in [-0.3, -0.25) is 4.98 Å². The van der Waals surface area contributed by atoms with Crippen LogP contribution in [0.1, 0.15) is 41.5 Å². The van der Waals surface area contributed by atoms with Crippen LogP contribution in [0.25, 0.3) is 0 Å². The molecule has 4 heteroatoms. The van der Waals surface area contributed by atoms with E-state index in [4.69, 9.17) is 0 Å². The minimum atomic E-state index is -0.325. The predicted octanol–water partition coefficient (Wildman–Crippen LogP) is 1.46. The number of esters is 1. The van der Waals surface area contributed by atoms with Crippen molar-refractivity contribution in [1.29, 1.82) is 0 Å². The average molecular weight is 220 g/mol. The van der Waals surface area contributed by atoms with Gasteiger partial charge in [-0.05, 0) is 31.9 Å². The molecule has 0 spiro atoms. The van der Waals surface area contributed by atoms with Crippen LogP contribution in [0.4, 0.5) is 0 Å². The Morgan fingerprint density at radius 1 is 1.56 bits per heavy atom. The number of carbonyl (C=O) groups is 1. The standard InChI is InChI=1S/C12H16N2O2/c1-7-4-9-5-10(12(15)16-3)6-13-11(9)8(2)14-7/h5-8,14H,4H2,1-3H3. The molecule has 2 unspecified atom stereocenters. The zero-order chi connectivity index (χ0) is 11.7. The molecule has 0 aromatic carbocycles. The summed E-state index contributed by atoms with van der Waals surface area (Å²) in [4.78, 5) is 15.7. The Kier molecular flexibility index (Phi) is 2.92. The van der Waals surface area contributed by atoms with Gasteiger partial charge in [0.05, 0.1) is 18.4 Å². The van der Waals surface area contributed by atoms with Crippen molar-refractivity contribution in [2.45, 2.75) is 32.4 Å². The molecule has 0 saturated heterocycles. The van der Waals surface area contributed by atoms with Crippen molar-refractivity contribution in [2.75, 3.05) is 7.11 Å². The van der Waals surface area contributed by atoms with Gasteiger partial charge in [0, 0.05) is 18.3 Å². The van der Waals surface area contributed by atoms with E-state index in [9.17, 15) is 4.79 Å². The molecule has 86 valence electrons. The molecular formula is C12H16N2O2. The zero-order valence-electron chi connectivity index (χ0n) is 9.78. The minimum Gasteiger partial charge on any atom is -0.465 e. The average Bonchev–Trinajstić information content (AvgIpc) is 2.27. The third-order valence-electron chi connectivity index (χ3n) is 2.89. The highest BCUT2D eigenvalue weighted by atomic mass is 16.5. The van der Waals surface area contributed by atoms with E-state index in [1.807, 2.05) is 6.07 Å². The molecule has 2 atom stereocenters. The van der Waals surface area contributed by atoms with Crippen molar-refractivity contribution in [3.63, 3.8) is 0 Å². The minimum absolute atomic E-state index is 0.241. The highest BCUT2D eigenvalue weighted by Crippen LogP contribution is 2.23. The molecule has 0 fully saturated rings. The lowest BCUT2D eigenvalue weighted by Crippen LogP contribution is -2.36. The van der Waals surface area contributed by atoms with Gasteiger partial charge in [-0.15, -0.1) is 0 Å². The van der Waals surface area contributed by atoms with E-state index >= 15 is 0 Å². The highest BCUT2D eigenvalue weighted by molar-refractivity contribution is 5.89. The molecule has 2 rings (SSSR count). The van der Waals surface area contributed by atoms with E-state index in [1.165, 1.54) is 7.11 Å². The van der Waals surface area contributed by atoms with E-state index in [-0.39, 0.29) is 12.0 Å². The summed E-state index contributed by atoms with van der Waals surface area (Å²) in [5.41, 5.74) is 2.70. The SMILES string of the molecule is COC(=O)c1cnc2c(c1)CC(C)NC2C. The van der Waals surface area contributed by atoms with Crippen molar-refractivity contribution < 1.29 is 9.53 Å².